The standard InChI is InChI=1S/C21H22ClF2N5O2S2/c1-28(2)14-5-6-29(10-14)19-7-13(23)3-4-17(19)26-18-9-16(24)20(8-15(18)22)33(30,31)27-21-11-32-12-25-21/h3-4,7-9,11-12,14,26-27H,5-6,10H2,1-2H3/t14-/m1/s1. The molecule has 2 aromatic carbocycles. The number of sulfonamides is 1. The van der Waals surface area contributed by atoms with Crippen LogP contribution in [0.2, 0.25) is 5.02 Å². The van der Waals surface area contributed by atoms with Crippen molar-refractivity contribution in [2.45, 2.75) is 17.4 Å². The van der Waals surface area contributed by atoms with E-state index < -0.39 is 26.6 Å². The van der Waals surface area contributed by atoms with Gasteiger partial charge in [0.1, 0.15) is 16.5 Å². The lowest BCUT2D eigenvalue weighted by Crippen LogP contribution is -2.31. The van der Waals surface area contributed by atoms with Gasteiger partial charge in [-0.05, 0) is 44.8 Å². The minimum Gasteiger partial charge on any atom is -0.368 e. The average Bonchev–Trinajstić information content (AvgIpc) is 3.43. The summed E-state index contributed by atoms with van der Waals surface area (Å²) in [4.78, 5) is 7.42. The van der Waals surface area contributed by atoms with Crippen molar-refractivity contribution < 1.29 is 17.2 Å². The topological polar surface area (TPSA) is 77.6 Å². The highest BCUT2D eigenvalue weighted by Crippen LogP contribution is 2.36. The number of hydrogen-bond acceptors (Lipinski definition) is 7. The maximum absolute atomic E-state index is 14.9. The van der Waals surface area contributed by atoms with Gasteiger partial charge in [0.15, 0.2) is 5.82 Å². The van der Waals surface area contributed by atoms with Gasteiger partial charge in [-0.15, -0.1) is 11.3 Å². The number of aromatic nitrogens is 1. The van der Waals surface area contributed by atoms with Crippen LogP contribution in [0.25, 0.3) is 0 Å². The minimum atomic E-state index is -4.22. The van der Waals surface area contributed by atoms with E-state index in [9.17, 15) is 17.2 Å². The third-order valence-electron chi connectivity index (χ3n) is 5.45. The van der Waals surface area contributed by atoms with Crippen molar-refractivity contribution in [2.24, 2.45) is 0 Å². The lowest BCUT2D eigenvalue weighted by Gasteiger charge is -2.25. The quantitative estimate of drug-likeness (QED) is 0.474. The number of thiazole rings is 1. The van der Waals surface area contributed by atoms with Gasteiger partial charge in [-0.3, -0.25) is 4.72 Å². The first-order valence-corrected chi connectivity index (χ1v) is 12.8. The maximum atomic E-state index is 14.9. The van der Waals surface area contributed by atoms with Crippen molar-refractivity contribution in [3.63, 3.8) is 0 Å². The summed E-state index contributed by atoms with van der Waals surface area (Å²) in [5.41, 5.74) is 2.78. The first kappa shape index (κ1) is 23.7. The Morgan fingerprint density at radius 2 is 2.00 bits per heavy atom. The van der Waals surface area contributed by atoms with Crippen LogP contribution in [0.15, 0.2) is 46.1 Å². The molecule has 2 heterocycles. The number of rotatable bonds is 7. The first-order chi connectivity index (χ1) is 15.6. The Hall–Kier alpha value is -2.47. The van der Waals surface area contributed by atoms with Crippen molar-refractivity contribution in [3.8, 4) is 0 Å². The number of anilines is 4. The van der Waals surface area contributed by atoms with Gasteiger partial charge >= 0.3 is 0 Å². The number of halogens is 3. The van der Waals surface area contributed by atoms with Gasteiger partial charge in [0.2, 0.25) is 0 Å². The third kappa shape index (κ3) is 5.21. The van der Waals surface area contributed by atoms with Crippen molar-refractivity contribution in [1.29, 1.82) is 0 Å². The second-order valence-electron chi connectivity index (χ2n) is 7.88. The molecule has 7 nitrogen and oxygen atoms in total. The molecule has 1 aliphatic rings. The van der Waals surface area contributed by atoms with Gasteiger partial charge in [-0.1, -0.05) is 11.6 Å². The Labute approximate surface area is 200 Å². The van der Waals surface area contributed by atoms with Crippen LogP contribution in [0.4, 0.5) is 31.7 Å². The van der Waals surface area contributed by atoms with Crippen LogP contribution in [-0.2, 0) is 10.0 Å². The molecule has 0 saturated carbocycles. The summed E-state index contributed by atoms with van der Waals surface area (Å²) in [6.07, 6.45) is 0.927. The van der Waals surface area contributed by atoms with E-state index in [0.29, 0.717) is 24.0 Å². The van der Waals surface area contributed by atoms with Gasteiger partial charge in [0, 0.05) is 30.6 Å². The van der Waals surface area contributed by atoms with Crippen LogP contribution < -0.4 is 14.9 Å². The monoisotopic (exact) mass is 513 g/mol. The Morgan fingerprint density at radius 1 is 1.21 bits per heavy atom. The van der Waals surface area contributed by atoms with E-state index >= 15 is 0 Å². The predicted octanol–water partition coefficient (Wildman–Crippen LogP) is 4.76. The molecule has 1 atom stereocenters. The highest BCUT2D eigenvalue weighted by molar-refractivity contribution is 7.92. The molecule has 12 heteroatoms. The second kappa shape index (κ2) is 9.41. The van der Waals surface area contributed by atoms with Crippen LogP contribution in [0.3, 0.4) is 0 Å². The fraction of sp³-hybridized carbons (Fsp3) is 0.286. The molecule has 176 valence electrons. The molecule has 1 saturated heterocycles. The van der Waals surface area contributed by atoms with Crippen molar-refractivity contribution >= 4 is 55.8 Å². The molecule has 1 aromatic heterocycles. The number of nitrogens with one attached hydrogen (secondary N) is 2. The molecule has 4 rings (SSSR count). The highest BCUT2D eigenvalue weighted by Gasteiger charge is 2.27. The smallest absolute Gasteiger partial charge is 0.266 e. The van der Waals surface area contributed by atoms with E-state index in [1.165, 1.54) is 34.4 Å². The zero-order valence-electron chi connectivity index (χ0n) is 17.8. The second-order valence-corrected chi connectivity index (χ2v) is 10.7. The van der Waals surface area contributed by atoms with E-state index in [1.807, 2.05) is 14.1 Å². The molecule has 0 bridgehead atoms. The first-order valence-electron chi connectivity index (χ1n) is 10.0. The number of likely N-dealkylation sites (N-methyl/N-ethyl adjacent to an activating group) is 1. The summed E-state index contributed by atoms with van der Waals surface area (Å²) in [5, 5.41) is 4.52. The van der Waals surface area contributed by atoms with Crippen LogP contribution in [0, 0.1) is 11.6 Å². The molecule has 0 radical (unpaired) electrons. The zero-order chi connectivity index (χ0) is 23.8. The van der Waals surface area contributed by atoms with E-state index in [0.717, 1.165) is 25.1 Å². The molecule has 0 unspecified atom stereocenters. The molecule has 3 aromatic rings. The summed E-state index contributed by atoms with van der Waals surface area (Å²) in [6, 6.07) is 6.65. The Morgan fingerprint density at radius 3 is 2.67 bits per heavy atom. The zero-order valence-corrected chi connectivity index (χ0v) is 20.2. The minimum absolute atomic E-state index is 0.00193. The number of hydrogen-bond donors (Lipinski definition) is 2. The maximum Gasteiger partial charge on any atom is 0.266 e. The molecule has 1 fully saturated rings. The highest BCUT2D eigenvalue weighted by atomic mass is 35.5. The molecule has 2 N–H and O–H groups in total. The number of benzene rings is 2. The summed E-state index contributed by atoms with van der Waals surface area (Å²) < 4.78 is 56.3. The van der Waals surface area contributed by atoms with E-state index in [-0.39, 0.29) is 16.5 Å². The fourth-order valence-electron chi connectivity index (χ4n) is 3.69. The third-order valence-corrected chi connectivity index (χ3v) is 7.71. The Balaban J connectivity index is 1.62. The van der Waals surface area contributed by atoms with Crippen molar-refractivity contribution in [2.75, 3.05) is 42.1 Å². The fourth-order valence-corrected chi connectivity index (χ4v) is 5.60. The van der Waals surface area contributed by atoms with Gasteiger partial charge in [0.05, 0.1) is 27.6 Å². The van der Waals surface area contributed by atoms with Crippen LogP contribution >= 0.6 is 22.9 Å². The lowest BCUT2D eigenvalue weighted by molar-refractivity contribution is 0.315. The lowest BCUT2D eigenvalue weighted by atomic mass is 10.2. The van der Waals surface area contributed by atoms with Crippen LogP contribution in [0.5, 0.6) is 0 Å². The molecule has 33 heavy (non-hydrogen) atoms. The summed E-state index contributed by atoms with van der Waals surface area (Å²) in [6.45, 7) is 1.45. The van der Waals surface area contributed by atoms with E-state index in [1.54, 1.807) is 6.07 Å². The van der Waals surface area contributed by atoms with E-state index in [2.05, 4.69) is 24.8 Å². The Kier molecular flexibility index (Phi) is 6.76. The SMILES string of the molecule is CN(C)[C@@H]1CCN(c2cc(F)ccc2Nc2cc(F)c(S(=O)(=O)Nc3cscn3)cc2Cl)C1. The normalized spacial score (nSPS) is 16.4. The molecule has 1 aliphatic heterocycles. The largest absolute Gasteiger partial charge is 0.368 e. The molecular weight excluding hydrogens is 492 g/mol. The molecule has 0 amide bonds. The summed E-state index contributed by atoms with van der Waals surface area (Å²) >= 11 is 7.52. The van der Waals surface area contributed by atoms with Gasteiger partial charge < -0.3 is 15.1 Å². The van der Waals surface area contributed by atoms with Crippen molar-refractivity contribution in [3.05, 3.63) is 57.9 Å². The van der Waals surface area contributed by atoms with Crippen LogP contribution in [0.1, 0.15) is 6.42 Å². The predicted molar refractivity (Wildman–Crippen MR) is 128 cm³/mol. The summed E-state index contributed by atoms with van der Waals surface area (Å²) in [7, 11) is -0.222. The molecule has 0 spiro atoms. The van der Waals surface area contributed by atoms with Crippen molar-refractivity contribution in [1.82, 2.24) is 9.88 Å². The average molecular weight is 514 g/mol. The van der Waals surface area contributed by atoms with E-state index in [4.69, 9.17) is 11.6 Å². The van der Waals surface area contributed by atoms with Crippen LogP contribution in [-0.4, -0.2) is 51.5 Å². The number of nitrogens with zero attached hydrogens (tertiary/aromatic N) is 3. The molecular formula is C21H22ClF2N5O2S2. The van der Waals surface area contributed by atoms with Gasteiger partial charge in [0.25, 0.3) is 10.0 Å². The Bertz CT molecular complexity index is 1260. The molecule has 0 aliphatic carbocycles. The van der Waals surface area contributed by atoms with Gasteiger partial charge in [-0.2, -0.15) is 0 Å². The van der Waals surface area contributed by atoms with Gasteiger partial charge in [-0.25, -0.2) is 22.2 Å². The summed E-state index contributed by atoms with van der Waals surface area (Å²) in [5.74, 6) is -1.28.